The molecule has 321 valence electrons. The molecule has 6 aromatic rings. The van der Waals surface area contributed by atoms with Crippen LogP contribution in [0.3, 0.4) is 0 Å². The van der Waals surface area contributed by atoms with E-state index in [0.717, 1.165) is 0 Å². The molecule has 0 bridgehead atoms. The summed E-state index contributed by atoms with van der Waals surface area (Å²) >= 11 is -2.45. The number of hydrogen-bond donors (Lipinski definition) is 0. The second-order valence-electron chi connectivity index (χ2n) is 20.0. The second-order valence-corrected chi connectivity index (χ2v) is 24.8. The van der Waals surface area contributed by atoms with Crippen LogP contribution in [0.15, 0.2) is 72.8 Å². The van der Waals surface area contributed by atoms with Gasteiger partial charge in [0.25, 0.3) is 0 Å². The molecule has 6 aromatic carbocycles. The first-order valence-electron chi connectivity index (χ1n) is 22.5. The standard InChI is InChI=1S/3C20H25.Cr/c3*1-12-8-14(3)19(15(4)9-12)18(7)20-16(5)10-13(2)11-17(20)6;/h3*8-11H,1-7H3;. The Balaban J connectivity index is 2.12. The molecule has 0 aliphatic heterocycles. The van der Waals surface area contributed by atoms with Gasteiger partial charge in [-0.2, -0.15) is 0 Å². The van der Waals surface area contributed by atoms with Crippen molar-refractivity contribution in [3.8, 4) is 0 Å². The van der Waals surface area contributed by atoms with E-state index in [1.807, 2.05) is 0 Å². The van der Waals surface area contributed by atoms with Gasteiger partial charge in [-0.3, -0.25) is 0 Å². The van der Waals surface area contributed by atoms with Crippen LogP contribution >= 0.6 is 0 Å². The number of hydrogen-bond acceptors (Lipinski definition) is 0. The molecule has 0 atom stereocenters. The Morgan fingerprint density at radius 1 is 0.213 bits per heavy atom. The van der Waals surface area contributed by atoms with Gasteiger partial charge in [-0.15, -0.1) is 0 Å². The topological polar surface area (TPSA) is 0 Å². The Kier molecular flexibility index (Phi) is 12.6. The van der Waals surface area contributed by atoms with Crippen molar-refractivity contribution in [2.75, 3.05) is 0 Å². The molecule has 0 saturated heterocycles. The van der Waals surface area contributed by atoms with Crippen LogP contribution < -0.4 is 0 Å². The van der Waals surface area contributed by atoms with Crippen molar-refractivity contribution in [3.05, 3.63) is 206 Å². The van der Waals surface area contributed by atoms with E-state index < -0.39 is 27.0 Å². The molecule has 6 rings (SSSR count). The molecule has 0 radical (unpaired) electrons. The molecule has 0 aliphatic rings. The van der Waals surface area contributed by atoms with Crippen molar-refractivity contribution in [2.45, 2.75) is 158 Å². The SMILES string of the molecule is Cc1cc(C)c([C](C)(c2c(C)cc(C)cc2C)[Cr]([C](C)(c2c(C)cc(C)cc2C)c2c(C)cc(C)cc2C)[C](C)(c2c(C)cc(C)cc2C)c2c(C)cc(C)cc2C)c(C)c1. The van der Waals surface area contributed by atoms with Crippen molar-refractivity contribution in [2.24, 2.45) is 0 Å². The van der Waals surface area contributed by atoms with Gasteiger partial charge in [0, 0.05) is 0 Å². The van der Waals surface area contributed by atoms with E-state index in [0.29, 0.717) is 0 Å². The molecule has 0 amide bonds. The normalized spacial score (nSPS) is 12.5. The zero-order chi connectivity index (χ0) is 45.4. The summed E-state index contributed by atoms with van der Waals surface area (Å²) in [4.78, 5) is 0. The van der Waals surface area contributed by atoms with Crippen LogP contribution in [0, 0.1) is 125 Å². The quantitative estimate of drug-likeness (QED) is 0.136. The van der Waals surface area contributed by atoms with Crippen molar-refractivity contribution in [3.63, 3.8) is 0 Å². The van der Waals surface area contributed by atoms with Crippen molar-refractivity contribution in [1.29, 1.82) is 0 Å². The molecule has 0 aromatic heterocycles. The van der Waals surface area contributed by atoms with Gasteiger partial charge in [0.05, 0.1) is 0 Å². The third-order valence-electron chi connectivity index (χ3n) is 14.1. The summed E-state index contributed by atoms with van der Waals surface area (Å²) in [7, 11) is 0. The average molecular weight is 848 g/mol. The van der Waals surface area contributed by atoms with Crippen molar-refractivity contribution < 1.29 is 14.1 Å². The monoisotopic (exact) mass is 848 g/mol. The van der Waals surface area contributed by atoms with Gasteiger partial charge >= 0.3 is 379 Å². The Labute approximate surface area is 376 Å². The zero-order valence-corrected chi connectivity index (χ0v) is 43.1. The van der Waals surface area contributed by atoms with Crippen LogP contribution in [0.2, 0.25) is 0 Å². The first-order valence-corrected chi connectivity index (χ1v) is 24.5. The van der Waals surface area contributed by atoms with Crippen LogP contribution in [-0.2, 0) is 27.0 Å². The molecule has 0 unspecified atom stereocenters. The van der Waals surface area contributed by atoms with E-state index in [2.05, 4.69) is 218 Å². The summed E-state index contributed by atoms with van der Waals surface area (Å²) in [6, 6.07) is 29.7. The summed E-state index contributed by atoms with van der Waals surface area (Å²) in [6.45, 7) is 50.9. The Bertz CT molecular complexity index is 2110. The van der Waals surface area contributed by atoms with Gasteiger partial charge in [-0.1, -0.05) is 0 Å². The molecule has 0 aliphatic carbocycles. The van der Waals surface area contributed by atoms with Crippen LogP contribution in [-0.4, -0.2) is 0 Å². The molecular formula is C60H75Cr. The van der Waals surface area contributed by atoms with E-state index in [4.69, 9.17) is 0 Å². The predicted octanol–water partition coefficient (Wildman–Crippen LogP) is 16.0. The van der Waals surface area contributed by atoms with Gasteiger partial charge in [0.1, 0.15) is 0 Å². The summed E-state index contributed by atoms with van der Waals surface area (Å²) in [5.74, 6) is 0. The molecule has 0 saturated carbocycles. The van der Waals surface area contributed by atoms with E-state index in [1.165, 1.54) is 134 Å². The fourth-order valence-electron chi connectivity index (χ4n) is 13.8. The fourth-order valence-corrected chi connectivity index (χ4v) is 22.6. The molecule has 0 N–H and O–H groups in total. The van der Waals surface area contributed by atoms with Crippen molar-refractivity contribution >= 4 is 0 Å². The van der Waals surface area contributed by atoms with Gasteiger partial charge in [0.2, 0.25) is 0 Å². The summed E-state index contributed by atoms with van der Waals surface area (Å²) in [5, 5.41) is 0. The van der Waals surface area contributed by atoms with Crippen LogP contribution in [0.25, 0.3) is 0 Å². The summed E-state index contributed by atoms with van der Waals surface area (Å²) in [5.41, 5.74) is 33.7. The zero-order valence-electron chi connectivity index (χ0n) is 41.8. The third-order valence-corrected chi connectivity index (χ3v) is 19.9. The fraction of sp³-hybridized carbons (Fsp3) is 0.400. The molecule has 0 spiro atoms. The maximum atomic E-state index is 2.74. The number of benzene rings is 6. The second kappa shape index (κ2) is 16.5. The maximum absolute atomic E-state index is 2.74. The van der Waals surface area contributed by atoms with E-state index >= 15 is 0 Å². The Morgan fingerprint density at radius 3 is 0.410 bits per heavy atom. The summed E-state index contributed by atoms with van der Waals surface area (Å²) in [6.07, 6.45) is 0. The van der Waals surface area contributed by atoms with Crippen LogP contribution in [0.4, 0.5) is 0 Å². The van der Waals surface area contributed by atoms with E-state index in [9.17, 15) is 0 Å². The average Bonchev–Trinajstić information content (AvgIpc) is 3.05. The molecule has 1 heteroatoms. The Hall–Kier alpha value is -4.15. The molecule has 0 nitrogen and oxygen atoms in total. The molecular weight excluding hydrogens is 773 g/mol. The molecule has 0 fully saturated rings. The van der Waals surface area contributed by atoms with E-state index in [1.54, 1.807) is 0 Å². The number of rotatable bonds is 9. The first kappa shape index (κ1) is 46.4. The molecule has 0 heterocycles. The molecule has 61 heavy (non-hydrogen) atoms. The van der Waals surface area contributed by atoms with E-state index in [-0.39, 0.29) is 0 Å². The van der Waals surface area contributed by atoms with Gasteiger partial charge in [0.15, 0.2) is 0 Å². The first-order chi connectivity index (χ1) is 28.3. The van der Waals surface area contributed by atoms with Crippen molar-refractivity contribution in [1.82, 2.24) is 0 Å². The number of aryl methyl sites for hydroxylation is 18. The van der Waals surface area contributed by atoms with Crippen LogP contribution in [0.5, 0.6) is 0 Å². The predicted molar refractivity (Wildman–Crippen MR) is 263 cm³/mol. The minimum absolute atomic E-state index is 0.422. The summed E-state index contributed by atoms with van der Waals surface area (Å²) < 4.78 is -1.27. The van der Waals surface area contributed by atoms with Crippen LogP contribution in [0.1, 0.15) is 154 Å². The van der Waals surface area contributed by atoms with Gasteiger partial charge in [-0.05, 0) is 0 Å². The minimum atomic E-state index is -2.45. The van der Waals surface area contributed by atoms with Gasteiger partial charge in [-0.25, -0.2) is 0 Å². The van der Waals surface area contributed by atoms with Gasteiger partial charge < -0.3 is 0 Å². The Morgan fingerprint density at radius 2 is 0.311 bits per heavy atom. The third kappa shape index (κ3) is 7.61.